The Morgan fingerprint density at radius 2 is 2.10 bits per heavy atom. The summed E-state index contributed by atoms with van der Waals surface area (Å²) in [5, 5.41) is 0. The zero-order chi connectivity index (χ0) is 14.4. The van der Waals surface area contributed by atoms with E-state index in [1.807, 2.05) is 38.1 Å². The van der Waals surface area contributed by atoms with E-state index < -0.39 is 28.4 Å². The predicted molar refractivity (Wildman–Crippen MR) is 74.8 cm³/mol. The third-order valence-electron chi connectivity index (χ3n) is 4.12. The normalized spacial score (nSPS) is 37.9. The summed E-state index contributed by atoms with van der Waals surface area (Å²) in [4.78, 5) is 0.708. The topological polar surface area (TPSA) is 35.5 Å². The summed E-state index contributed by atoms with van der Waals surface area (Å²) in [6.45, 7) is 3.99. The molecule has 2 aliphatic rings. The van der Waals surface area contributed by atoms with E-state index in [4.69, 9.17) is 9.47 Å². The number of ether oxygens (including phenoxy) is 2. The van der Waals surface area contributed by atoms with E-state index in [0.29, 0.717) is 17.7 Å². The maximum Gasteiger partial charge on any atom is 0.166 e. The van der Waals surface area contributed by atoms with Gasteiger partial charge in [-0.3, -0.25) is 4.21 Å². The molecule has 0 aliphatic carbocycles. The van der Waals surface area contributed by atoms with Crippen molar-refractivity contribution in [3.05, 3.63) is 29.8 Å². The molecule has 1 aromatic carbocycles. The average Bonchev–Trinajstić information content (AvgIpc) is 2.70. The summed E-state index contributed by atoms with van der Waals surface area (Å²) in [6, 6.07) is 7.48. The minimum atomic E-state index is -1.29. The summed E-state index contributed by atoms with van der Waals surface area (Å²) in [5.74, 6) is -0.563. The Balaban J connectivity index is 1.79. The lowest BCUT2D eigenvalue weighted by atomic mass is 9.93. The molecule has 0 unspecified atom stereocenters. The molecule has 2 bridgehead atoms. The number of fused-ring (bicyclic) bond motifs is 2. The Morgan fingerprint density at radius 3 is 2.80 bits per heavy atom. The van der Waals surface area contributed by atoms with E-state index in [2.05, 4.69) is 0 Å². The Bertz CT molecular complexity index is 532. The molecule has 2 saturated heterocycles. The zero-order valence-electron chi connectivity index (χ0n) is 11.7. The molecule has 0 aromatic heterocycles. The van der Waals surface area contributed by atoms with Crippen LogP contribution in [0.2, 0.25) is 0 Å². The number of rotatable bonds is 3. The Labute approximate surface area is 120 Å². The van der Waals surface area contributed by atoms with E-state index in [9.17, 15) is 8.60 Å². The molecule has 2 fully saturated rings. The van der Waals surface area contributed by atoms with Crippen LogP contribution in [-0.4, -0.2) is 34.1 Å². The second-order valence-corrected chi connectivity index (χ2v) is 7.35. The second kappa shape index (κ2) is 4.90. The van der Waals surface area contributed by atoms with Gasteiger partial charge in [-0.25, -0.2) is 4.39 Å². The van der Waals surface area contributed by atoms with Gasteiger partial charge in [-0.15, -0.1) is 0 Å². The standard InChI is InChI=1S/C15H19FO3S/c1-11-3-5-12(6-4-11)20(17)10-15-9-18-14(2,19-15)8-7-13(15)16/h3-6,13H,7-10H2,1-2H3/t13-,14-,15+,20+/m1/s1. The molecule has 20 heavy (non-hydrogen) atoms. The lowest BCUT2D eigenvalue weighted by Gasteiger charge is -2.37. The number of alkyl halides is 1. The first-order valence-electron chi connectivity index (χ1n) is 6.86. The van der Waals surface area contributed by atoms with Crippen molar-refractivity contribution in [3.8, 4) is 0 Å². The van der Waals surface area contributed by atoms with Gasteiger partial charge >= 0.3 is 0 Å². The van der Waals surface area contributed by atoms with Gasteiger partial charge in [0.15, 0.2) is 5.79 Å². The van der Waals surface area contributed by atoms with Crippen molar-refractivity contribution in [3.63, 3.8) is 0 Å². The van der Waals surface area contributed by atoms with Crippen molar-refractivity contribution < 1.29 is 18.1 Å². The third-order valence-corrected chi connectivity index (χ3v) is 5.67. The summed E-state index contributed by atoms with van der Waals surface area (Å²) < 4.78 is 38.2. The van der Waals surface area contributed by atoms with Crippen LogP contribution in [0.5, 0.6) is 0 Å². The fourth-order valence-corrected chi connectivity index (χ4v) is 4.22. The molecule has 3 nitrogen and oxygen atoms in total. The van der Waals surface area contributed by atoms with Crippen LogP contribution in [0.1, 0.15) is 25.3 Å². The molecule has 0 N–H and O–H groups in total. The maximum absolute atomic E-state index is 14.3. The summed E-state index contributed by atoms with van der Waals surface area (Å²) in [6.07, 6.45) is -0.165. The van der Waals surface area contributed by atoms with Crippen LogP contribution in [0.3, 0.4) is 0 Å². The SMILES string of the molecule is Cc1ccc([S@@](=O)C[C@@]23CO[C@@](C)(CC[C@H]2F)O3)cc1. The van der Waals surface area contributed by atoms with Gasteiger partial charge in [-0.1, -0.05) is 17.7 Å². The summed E-state index contributed by atoms with van der Waals surface area (Å²) in [5.41, 5.74) is 0.0564. The predicted octanol–water partition coefficient (Wildman–Crippen LogP) is 2.74. The van der Waals surface area contributed by atoms with Gasteiger partial charge in [-0.05, 0) is 32.4 Å². The van der Waals surface area contributed by atoms with Gasteiger partial charge < -0.3 is 9.47 Å². The minimum absolute atomic E-state index is 0.146. The molecule has 5 heteroatoms. The summed E-state index contributed by atoms with van der Waals surface area (Å²) >= 11 is 0. The van der Waals surface area contributed by atoms with Crippen molar-refractivity contribution in [1.29, 1.82) is 0 Å². The molecule has 0 spiro atoms. The van der Waals surface area contributed by atoms with Gasteiger partial charge in [0.25, 0.3) is 0 Å². The van der Waals surface area contributed by atoms with Crippen LogP contribution < -0.4 is 0 Å². The number of benzene rings is 1. The van der Waals surface area contributed by atoms with Gasteiger partial charge in [0, 0.05) is 11.3 Å². The Hall–Kier alpha value is -0.780. The molecule has 0 amide bonds. The molecular weight excluding hydrogens is 279 g/mol. The number of hydrogen-bond acceptors (Lipinski definition) is 3. The molecule has 0 saturated carbocycles. The molecule has 0 radical (unpaired) electrons. The van der Waals surface area contributed by atoms with Crippen LogP contribution in [0.15, 0.2) is 29.2 Å². The molecule has 110 valence electrons. The van der Waals surface area contributed by atoms with Crippen LogP contribution in [0.4, 0.5) is 4.39 Å². The third kappa shape index (κ3) is 2.43. The highest BCUT2D eigenvalue weighted by Crippen LogP contribution is 2.45. The summed E-state index contributed by atoms with van der Waals surface area (Å²) in [7, 11) is -1.29. The quantitative estimate of drug-likeness (QED) is 0.861. The first kappa shape index (κ1) is 14.2. The van der Waals surface area contributed by atoms with Crippen molar-refractivity contribution in [2.75, 3.05) is 12.4 Å². The molecule has 2 aliphatic heterocycles. The van der Waals surface area contributed by atoms with E-state index >= 15 is 0 Å². The molecule has 3 rings (SSSR count). The van der Waals surface area contributed by atoms with E-state index in [0.717, 1.165) is 5.56 Å². The lowest BCUT2D eigenvalue weighted by Crippen LogP contribution is -2.51. The van der Waals surface area contributed by atoms with E-state index in [1.165, 1.54) is 0 Å². The smallest absolute Gasteiger partial charge is 0.166 e. The Kier molecular flexibility index (Phi) is 3.47. The van der Waals surface area contributed by atoms with Gasteiger partial charge in [0.2, 0.25) is 0 Å². The highest BCUT2D eigenvalue weighted by Gasteiger charge is 2.57. The first-order chi connectivity index (χ1) is 9.42. The fraction of sp³-hybridized carbons (Fsp3) is 0.600. The number of halogens is 1. The molecule has 4 atom stereocenters. The van der Waals surface area contributed by atoms with Crippen LogP contribution in [-0.2, 0) is 20.3 Å². The van der Waals surface area contributed by atoms with Crippen molar-refractivity contribution in [1.82, 2.24) is 0 Å². The van der Waals surface area contributed by atoms with Gasteiger partial charge in [0.05, 0.1) is 23.2 Å². The monoisotopic (exact) mass is 298 g/mol. The van der Waals surface area contributed by atoms with E-state index in [1.54, 1.807) is 0 Å². The van der Waals surface area contributed by atoms with Crippen molar-refractivity contribution in [2.45, 2.75) is 49.1 Å². The minimum Gasteiger partial charge on any atom is -0.347 e. The molecular formula is C15H19FO3S. The lowest BCUT2D eigenvalue weighted by molar-refractivity contribution is -0.212. The van der Waals surface area contributed by atoms with Crippen molar-refractivity contribution in [2.24, 2.45) is 0 Å². The van der Waals surface area contributed by atoms with Gasteiger partial charge in [-0.2, -0.15) is 0 Å². The van der Waals surface area contributed by atoms with E-state index in [-0.39, 0.29) is 12.4 Å². The van der Waals surface area contributed by atoms with Crippen molar-refractivity contribution >= 4 is 10.8 Å². The van der Waals surface area contributed by atoms with Crippen LogP contribution in [0, 0.1) is 6.92 Å². The molecule has 2 heterocycles. The largest absolute Gasteiger partial charge is 0.347 e. The zero-order valence-corrected chi connectivity index (χ0v) is 12.5. The maximum atomic E-state index is 14.3. The first-order valence-corrected chi connectivity index (χ1v) is 8.18. The average molecular weight is 298 g/mol. The van der Waals surface area contributed by atoms with Crippen LogP contribution in [0.25, 0.3) is 0 Å². The second-order valence-electron chi connectivity index (χ2n) is 5.90. The van der Waals surface area contributed by atoms with Crippen LogP contribution >= 0.6 is 0 Å². The highest BCUT2D eigenvalue weighted by atomic mass is 32.2. The fourth-order valence-electron chi connectivity index (χ4n) is 2.85. The number of hydrogen-bond donors (Lipinski definition) is 0. The Morgan fingerprint density at radius 1 is 1.40 bits per heavy atom. The highest BCUT2D eigenvalue weighted by molar-refractivity contribution is 7.85. The number of aryl methyl sites for hydroxylation is 1. The van der Waals surface area contributed by atoms with Gasteiger partial charge in [0.1, 0.15) is 11.8 Å². The molecule has 1 aromatic rings.